The van der Waals surface area contributed by atoms with Crippen LogP contribution in [0.25, 0.3) is 0 Å². The Kier molecular flexibility index (Phi) is 7.67. The highest BCUT2D eigenvalue weighted by atomic mass is 32.2. The number of benzene rings is 3. The molecule has 1 aliphatic heterocycles. The molecule has 3 aromatic rings. The van der Waals surface area contributed by atoms with Gasteiger partial charge >= 0.3 is 0 Å². The van der Waals surface area contributed by atoms with Gasteiger partial charge in [-0.1, -0.05) is 36.0 Å². The largest absolute Gasteiger partial charge is 0.497 e. The number of hydrogen-bond donors (Lipinski definition) is 1. The number of para-hydroxylation sites is 2. The zero-order valence-corrected chi connectivity index (χ0v) is 20.0. The van der Waals surface area contributed by atoms with Crippen LogP contribution in [0.1, 0.15) is 12.0 Å². The summed E-state index contributed by atoms with van der Waals surface area (Å²) in [4.78, 5) is 32.5. The van der Waals surface area contributed by atoms with Crippen LogP contribution in [0.5, 0.6) is 11.5 Å². The molecule has 1 heterocycles. The Labute approximate surface area is 207 Å². The third-order valence-electron chi connectivity index (χ3n) is 5.35. The van der Waals surface area contributed by atoms with Crippen molar-refractivity contribution in [3.05, 3.63) is 84.2 Å². The van der Waals surface area contributed by atoms with E-state index in [-0.39, 0.29) is 30.6 Å². The number of halogens is 1. The molecule has 0 spiro atoms. The van der Waals surface area contributed by atoms with Crippen molar-refractivity contribution < 1.29 is 23.5 Å². The van der Waals surface area contributed by atoms with E-state index < -0.39 is 5.25 Å². The first-order valence-corrected chi connectivity index (χ1v) is 11.7. The number of aliphatic imine (C=N–C) groups is 1. The number of nitrogens with zero attached hydrogens (tertiary/aromatic N) is 2. The number of amidine groups is 1. The molecule has 35 heavy (non-hydrogen) atoms. The van der Waals surface area contributed by atoms with Crippen LogP contribution in [0.2, 0.25) is 0 Å². The van der Waals surface area contributed by atoms with E-state index in [4.69, 9.17) is 9.47 Å². The monoisotopic (exact) mass is 493 g/mol. The third-order valence-corrected chi connectivity index (χ3v) is 6.54. The zero-order valence-electron chi connectivity index (χ0n) is 19.2. The number of thioether (sulfide) groups is 1. The molecular formula is C26H24FN3O4S. The van der Waals surface area contributed by atoms with E-state index >= 15 is 0 Å². The average Bonchev–Trinajstić information content (AvgIpc) is 2.87. The fourth-order valence-electron chi connectivity index (χ4n) is 3.50. The summed E-state index contributed by atoms with van der Waals surface area (Å²) in [6, 6.07) is 20.1. The smallest absolute Gasteiger partial charge is 0.238 e. The van der Waals surface area contributed by atoms with E-state index in [1.165, 1.54) is 35.9 Å². The maximum atomic E-state index is 13.4. The summed E-state index contributed by atoms with van der Waals surface area (Å²) >= 11 is 1.21. The van der Waals surface area contributed by atoms with Gasteiger partial charge in [-0.2, -0.15) is 0 Å². The van der Waals surface area contributed by atoms with Crippen molar-refractivity contribution in [3.63, 3.8) is 0 Å². The topological polar surface area (TPSA) is 80.2 Å². The maximum Gasteiger partial charge on any atom is 0.238 e. The predicted octanol–water partition coefficient (Wildman–Crippen LogP) is 5.00. The fraction of sp³-hybridized carbons (Fsp3) is 0.192. The highest BCUT2D eigenvalue weighted by molar-refractivity contribution is 8.15. The SMILES string of the molecule is COc1ccc(N=C2SC(C(=O)Nc3ccccc3OC)CC(=O)N2Cc2ccc(F)cc2)cc1. The molecule has 3 aromatic carbocycles. The Morgan fingerprint density at radius 3 is 2.46 bits per heavy atom. The van der Waals surface area contributed by atoms with Gasteiger partial charge in [0.15, 0.2) is 5.17 Å². The molecule has 1 saturated heterocycles. The number of nitrogens with one attached hydrogen (secondary N) is 1. The lowest BCUT2D eigenvalue weighted by Gasteiger charge is -2.32. The van der Waals surface area contributed by atoms with Gasteiger partial charge in [0.05, 0.1) is 32.1 Å². The number of rotatable bonds is 7. The molecule has 4 rings (SSSR count). The van der Waals surface area contributed by atoms with E-state index in [0.717, 1.165) is 5.56 Å². The fourth-order valence-corrected chi connectivity index (χ4v) is 4.60. The number of anilines is 1. The summed E-state index contributed by atoms with van der Waals surface area (Å²) in [5, 5.41) is 2.55. The minimum absolute atomic E-state index is 0.00548. The van der Waals surface area contributed by atoms with Crippen LogP contribution in [0.3, 0.4) is 0 Å². The number of ether oxygens (including phenoxy) is 2. The molecule has 1 unspecified atom stereocenters. The Morgan fingerprint density at radius 1 is 1.06 bits per heavy atom. The first-order valence-electron chi connectivity index (χ1n) is 10.8. The summed E-state index contributed by atoms with van der Waals surface area (Å²) < 4.78 is 23.9. The molecule has 9 heteroatoms. The lowest BCUT2D eigenvalue weighted by Crippen LogP contribution is -2.44. The molecule has 1 fully saturated rings. The van der Waals surface area contributed by atoms with Gasteiger partial charge in [0.2, 0.25) is 11.8 Å². The van der Waals surface area contributed by atoms with Crippen LogP contribution < -0.4 is 14.8 Å². The van der Waals surface area contributed by atoms with Crippen LogP contribution >= 0.6 is 11.8 Å². The number of hydrogen-bond acceptors (Lipinski definition) is 6. The first-order chi connectivity index (χ1) is 17.0. The number of methoxy groups -OCH3 is 2. The lowest BCUT2D eigenvalue weighted by atomic mass is 10.2. The highest BCUT2D eigenvalue weighted by Crippen LogP contribution is 2.32. The van der Waals surface area contributed by atoms with Gasteiger partial charge in [-0.3, -0.25) is 14.5 Å². The molecule has 0 saturated carbocycles. The van der Waals surface area contributed by atoms with E-state index in [0.29, 0.717) is 28.0 Å². The van der Waals surface area contributed by atoms with E-state index in [1.807, 2.05) is 0 Å². The Bertz CT molecular complexity index is 1230. The summed E-state index contributed by atoms with van der Waals surface area (Å²) in [7, 11) is 3.10. The minimum Gasteiger partial charge on any atom is -0.497 e. The maximum absolute atomic E-state index is 13.4. The summed E-state index contributed by atoms with van der Waals surface area (Å²) in [5.74, 6) is 0.280. The summed E-state index contributed by atoms with van der Waals surface area (Å²) in [6.45, 7) is 0.210. The van der Waals surface area contributed by atoms with Gasteiger partial charge in [-0.05, 0) is 54.1 Å². The summed E-state index contributed by atoms with van der Waals surface area (Å²) in [6.07, 6.45) is -0.00548. The van der Waals surface area contributed by atoms with Crippen molar-refractivity contribution >= 4 is 40.1 Å². The molecule has 1 atom stereocenters. The van der Waals surface area contributed by atoms with Crippen molar-refractivity contribution in [2.75, 3.05) is 19.5 Å². The second-order valence-electron chi connectivity index (χ2n) is 7.70. The van der Waals surface area contributed by atoms with Crippen molar-refractivity contribution in [2.24, 2.45) is 4.99 Å². The van der Waals surface area contributed by atoms with Crippen molar-refractivity contribution in [2.45, 2.75) is 18.2 Å². The Hall–Kier alpha value is -3.85. The normalized spacial score (nSPS) is 16.8. The first kappa shape index (κ1) is 24.3. The quantitative estimate of drug-likeness (QED) is 0.501. The second kappa shape index (κ2) is 11.1. The van der Waals surface area contributed by atoms with Gasteiger partial charge < -0.3 is 14.8 Å². The lowest BCUT2D eigenvalue weighted by molar-refractivity contribution is -0.129. The van der Waals surface area contributed by atoms with Crippen molar-refractivity contribution in [1.29, 1.82) is 0 Å². The molecule has 1 N–H and O–H groups in total. The van der Waals surface area contributed by atoms with Crippen molar-refractivity contribution in [1.82, 2.24) is 4.90 Å². The molecular weight excluding hydrogens is 469 g/mol. The van der Waals surface area contributed by atoms with Gasteiger partial charge in [-0.15, -0.1) is 0 Å². The van der Waals surface area contributed by atoms with Crippen LogP contribution in [-0.4, -0.2) is 41.4 Å². The standard InChI is InChI=1S/C26H24FN3O4S/c1-33-20-13-11-19(12-14-20)28-26-30(16-17-7-9-18(27)10-8-17)24(31)15-23(35-26)25(32)29-21-5-3-4-6-22(21)34-2/h3-14,23H,15-16H2,1-2H3,(H,29,32). The van der Waals surface area contributed by atoms with Crippen LogP contribution in [0.4, 0.5) is 15.8 Å². The molecule has 7 nitrogen and oxygen atoms in total. The molecule has 0 aromatic heterocycles. The molecule has 0 radical (unpaired) electrons. The highest BCUT2D eigenvalue weighted by Gasteiger charge is 2.36. The van der Waals surface area contributed by atoms with E-state index in [9.17, 15) is 14.0 Å². The molecule has 1 aliphatic rings. The van der Waals surface area contributed by atoms with Gasteiger partial charge in [-0.25, -0.2) is 9.38 Å². The van der Waals surface area contributed by atoms with Crippen LogP contribution in [-0.2, 0) is 16.1 Å². The second-order valence-corrected chi connectivity index (χ2v) is 8.87. The molecule has 2 amide bonds. The molecule has 180 valence electrons. The molecule has 0 bridgehead atoms. The number of carbonyl (C=O) groups excluding carboxylic acids is 2. The van der Waals surface area contributed by atoms with Gasteiger partial charge in [0.25, 0.3) is 0 Å². The van der Waals surface area contributed by atoms with E-state index in [2.05, 4.69) is 10.3 Å². The number of carbonyl (C=O) groups is 2. The zero-order chi connectivity index (χ0) is 24.8. The minimum atomic E-state index is -0.686. The number of amides is 2. The Morgan fingerprint density at radius 2 is 1.77 bits per heavy atom. The van der Waals surface area contributed by atoms with Gasteiger partial charge in [0.1, 0.15) is 22.6 Å². The molecule has 0 aliphatic carbocycles. The Balaban J connectivity index is 1.60. The third kappa shape index (κ3) is 5.99. The predicted molar refractivity (Wildman–Crippen MR) is 135 cm³/mol. The average molecular weight is 494 g/mol. The summed E-state index contributed by atoms with van der Waals surface area (Å²) in [5.41, 5.74) is 1.88. The van der Waals surface area contributed by atoms with Crippen molar-refractivity contribution in [3.8, 4) is 11.5 Å². The van der Waals surface area contributed by atoms with Crippen LogP contribution in [0, 0.1) is 5.82 Å². The van der Waals surface area contributed by atoms with Crippen LogP contribution in [0.15, 0.2) is 77.8 Å². The van der Waals surface area contributed by atoms with E-state index in [1.54, 1.807) is 67.8 Å². The van der Waals surface area contributed by atoms with Gasteiger partial charge in [0, 0.05) is 6.42 Å².